The predicted molar refractivity (Wildman–Crippen MR) is 91.0 cm³/mol. The fraction of sp³-hybridized carbons (Fsp3) is 0.625. The number of anilines is 1. The average molecular weight is 321 g/mol. The van der Waals surface area contributed by atoms with Gasteiger partial charge in [-0.25, -0.2) is 4.98 Å². The number of aryl methyl sites for hydroxylation is 2. The van der Waals surface area contributed by atoms with E-state index in [2.05, 4.69) is 12.2 Å². The molecule has 2 heterocycles. The van der Waals surface area contributed by atoms with Gasteiger partial charge in [0.25, 0.3) is 5.56 Å². The van der Waals surface area contributed by atoms with Crippen molar-refractivity contribution in [3.05, 3.63) is 20.8 Å². The smallest absolute Gasteiger partial charge is 0.263 e. The number of aromatic nitrogens is 2. The number of nitrogens with zero attached hydrogens (tertiary/aromatic N) is 2. The molecule has 0 saturated carbocycles. The van der Waals surface area contributed by atoms with Crippen LogP contribution in [0.1, 0.15) is 43.0 Å². The molecule has 0 spiro atoms. The number of aliphatic hydroxyl groups is 1. The van der Waals surface area contributed by atoms with Gasteiger partial charge in [-0.3, -0.25) is 9.36 Å². The van der Waals surface area contributed by atoms with Gasteiger partial charge in [0, 0.05) is 24.6 Å². The molecule has 2 aromatic rings. The Morgan fingerprint density at radius 1 is 1.36 bits per heavy atom. The summed E-state index contributed by atoms with van der Waals surface area (Å²) < 4.78 is 1.77. The van der Waals surface area contributed by atoms with Crippen LogP contribution in [0.2, 0.25) is 0 Å². The molecule has 3 rings (SSSR count). The monoisotopic (exact) mass is 321 g/mol. The van der Waals surface area contributed by atoms with Crippen LogP contribution in [0.15, 0.2) is 4.79 Å². The summed E-state index contributed by atoms with van der Waals surface area (Å²) in [6, 6.07) is 0. The Hall–Kier alpha value is -1.40. The average Bonchev–Trinajstić information content (AvgIpc) is 2.89. The van der Waals surface area contributed by atoms with E-state index >= 15 is 0 Å². The fourth-order valence-electron chi connectivity index (χ4n) is 3.08. The summed E-state index contributed by atoms with van der Waals surface area (Å²) in [5.41, 5.74) is 1.34. The van der Waals surface area contributed by atoms with Crippen LogP contribution in [0, 0.1) is 0 Å². The van der Waals surface area contributed by atoms with Crippen LogP contribution in [-0.4, -0.2) is 27.8 Å². The lowest BCUT2D eigenvalue weighted by atomic mass is 9.97. The molecule has 5 nitrogen and oxygen atoms in total. The second kappa shape index (κ2) is 6.79. The van der Waals surface area contributed by atoms with Crippen molar-refractivity contribution in [1.29, 1.82) is 0 Å². The van der Waals surface area contributed by atoms with Crippen LogP contribution in [-0.2, 0) is 19.4 Å². The Morgan fingerprint density at radius 2 is 2.18 bits per heavy atom. The first-order valence-corrected chi connectivity index (χ1v) is 8.97. The first-order valence-electron chi connectivity index (χ1n) is 8.16. The van der Waals surface area contributed by atoms with Crippen LogP contribution in [0.4, 0.5) is 5.95 Å². The third-order valence-electron chi connectivity index (χ3n) is 4.14. The molecule has 0 amide bonds. The van der Waals surface area contributed by atoms with E-state index < -0.39 is 0 Å². The Morgan fingerprint density at radius 3 is 2.95 bits per heavy atom. The highest BCUT2D eigenvalue weighted by Crippen LogP contribution is 2.34. The third kappa shape index (κ3) is 2.77. The van der Waals surface area contributed by atoms with E-state index in [9.17, 15) is 4.79 Å². The van der Waals surface area contributed by atoms with Gasteiger partial charge in [0.1, 0.15) is 4.83 Å². The third-order valence-corrected chi connectivity index (χ3v) is 5.33. The van der Waals surface area contributed by atoms with E-state index in [0.29, 0.717) is 25.5 Å². The summed E-state index contributed by atoms with van der Waals surface area (Å²) in [5.74, 6) is 0.645. The van der Waals surface area contributed by atoms with Crippen molar-refractivity contribution in [3.63, 3.8) is 0 Å². The van der Waals surface area contributed by atoms with Crippen molar-refractivity contribution in [2.24, 2.45) is 0 Å². The number of fused-ring (bicyclic) bond motifs is 3. The van der Waals surface area contributed by atoms with Crippen molar-refractivity contribution < 1.29 is 5.11 Å². The van der Waals surface area contributed by atoms with Gasteiger partial charge >= 0.3 is 0 Å². The summed E-state index contributed by atoms with van der Waals surface area (Å²) >= 11 is 1.68. The highest BCUT2D eigenvalue weighted by atomic mass is 32.1. The van der Waals surface area contributed by atoms with E-state index in [-0.39, 0.29) is 12.2 Å². The van der Waals surface area contributed by atoms with Gasteiger partial charge < -0.3 is 10.4 Å². The van der Waals surface area contributed by atoms with Gasteiger partial charge in [-0.15, -0.1) is 11.3 Å². The molecular weight excluding hydrogens is 298 g/mol. The Bertz CT molecular complexity index is 720. The summed E-state index contributed by atoms with van der Waals surface area (Å²) in [6.07, 6.45) is 6.02. The zero-order valence-corrected chi connectivity index (χ0v) is 13.8. The maximum absolute atomic E-state index is 12.9. The van der Waals surface area contributed by atoms with Crippen molar-refractivity contribution in [1.82, 2.24) is 9.55 Å². The molecule has 22 heavy (non-hydrogen) atoms. The van der Waals surface area contributed by atoms with Crippen LogP contribution in [0.3, 0.4) is 0 Å². The Kier molecular flexibility index (Phi) is 4.78. The zero-order chi connectivity index (χ0) is 15.5. The number of nitrogens with one attached hydrogen (secondary N) is 1. The summed E-state index contributed by atoms with van der Waals surface area (Å²) in [4.78, 5) is 19.9. The van der Waals surface area contributed by atoms with E-state index in [1.54, 1.807) is 15.9 Å². The molecule has 0 atom stereocenters. The van der Waals surface area contributed by atoms with Crippen LogP contribution in [0.5, 0.6) is 0 Å². The lowest BCUT2D eigenvalue weighted by Crippen LogP contribution is -2.26. The van der Waals surface area contributed by atoms with Crippen LogP contribution < -0.4 is 10.9 Å². The van der Waals surface area contributed by atoms with E-state index in [1.165, 1.54) is 23.3 Å². The number of rotatable bonds is 6. The zero-order valence-electron chi connectivity index (χ0n) is 13.0. The molecule has 0 fully saturated rings. The fourth-order valence-corrected chi connectivity index (χ4v) is 4.34. The van der Waals surface area contributed by atoms with E-state index in [4.69, 9.17) is 10.1 Å². The molecule has 0 aromatic carbocycles. The quantitative estimate of drug-likeness (QED) is 0.802. The van der Waals surface area contributed by atoms with Crippen molar-refractivity contribution in [2.75, 3.05) is 18.5 Å². The molecule has 0 radical (unpaired) electrons. The topological polar surface area (TPSA) is 67.2 Å². The molecule has 0 bridgehead atoms. The first kappa shape index (κ1) is 15.5. The maximum Gasteiger partial charge on any atom is 0.263 e. The van der Waals surface area contributed by atoms with Crippen LogP contribution in [0.25, 0.3) is 10.2 Å². The second-order valence-electron chi connectivity index (χ2n) is 5.79. The molecule has 2 N–H and O–H groups in total. The molecule has 2 aromatic heterocycles. The minimum absolute atomic E-state index is 0.0951. The van der Waals surface area contributed by atoms with Gasteiger partial charge in [0.2, 0.25) is 5.95 Å². The number of aliphatic hydroxyl groups excluding tert-OH is 1. The van der Waals surface area contributed by atoms with Crippen molar-refractivity contribution >= 4 is 27.5 Å². The Balaban J connectivity index is 2.10. The highest BCUT2D eigenvalue weighted by molar-refractivity contribution is 7.18. The van der Waals surface area contributed by atoms with Crippen molar-refractivity contribution in [3.8, 4) is 0 Å². The highest BCUT2D eigenvalue weighted by Gasteiger charge is 2.21. The Labute approximate surface area is 134 Å². The lowest BCUT2D eigenvalue weighted by Gasteiger charge is -2.14. The summed E-state index contributed by atoms with van der Waals surface area (Å²) in [6.45, 7) is 3.51. The lowest BCUT2D eigenvalue weighted by molar-refractivity contribution is 0.292. The normalized spacial score (nSPS) is 14.3. The SMILES string of the molecule is CCCn1c(NCCCO)nc2sc3c(c2c1=O)CCCC3. The maximum atomic E-state index is 12.9. The summed E-state index contributed by atoms with van der Waals surface area (Å²) in [5, 5.41) is 13.0. The first-order chi connectivity index (χ1) is 10.8. The van der Waals surface area contributed by atoms with Gasteiger partial charge in [0.15, 0.2) is 0 Å². The molecule has 120 valence electrons. The predicted octanol–water partition coefficient (Wildman–Crippen LogP) is 2.54. The molecule has 1 aliphatic rings. The van der Waals surface area contributed by atoms with E-state index in [1.807, 2.05) is 0 Å². The number of hydrogen-bond acceptors (Lipinski definition) is 5. The standard InChI is InChI=1S/C16H23N3O2S/c1-2-9-19-15(21)13-11-6-3-4-7-12(11)22-14(13)18-16(19)17-8-5-10-20/h20H,2-10H2,1H3,(H,17,18). The van der Waals surface area contributed by atoms with Gasteiger partial charge in [-0.2, -0.15) is 0 Å². The molecular formula is C16H23N3O2S. The van der Waals surface area contributed by atoms with E-state index in [0.717, 1.165) is 29.5 Å². The molecule has 0 saturated heterocycles. The molecule has 6 heteroatoms. The second-order valence-corrected chi connectivity index (χ2v) is 6.87. The summed E-state index contributed by atoms with van der Waals surface area (Å²) in [7, 11) is 0. The molecule has 0 unspecified atom stereocenters. The number of hydrogen-bond donors (Lipinski definition) is 2. The van der Waals surface area contributed by atoms with Gasteiger partial charge in [0.05, 0.1) is 5.39 Å². The minimum Gasteiger partial charge on any atom is -0.396 e. The largest absolute Gasteiger partial charge is 0.396 e. The van der Waals surface area contributed by atoms with Gasteiger partial charge in [-0.1, -0.05) is 6.92 Å². The molecule has 0 aliphatic heterocycles. The number of thiophene rings is 1. The minimum atomic E-state index is 0.0951. The van der Waals surface area contributed by atoms with Crippen LogP contribution >= 0.6 is 11.3 Å². The molecule has 1 aliphatic carbocycles. The van der Waals surface area contributed by atoms with Gasteiger partial charge in [-0.05, 0) is 44.1 Å². The van der Waals surface area contributed by atoms with Crippen molar-refractivity contribution in [2.45, 2.75) is 52.0 Å².